The topological polar surface area (TPSA) is 15.3 Å². The van der Waals surface area contributed by atoms with Gasteiger partial charge in [0.2, 0.25) is 0 Å². The Morgan fingerprint density at radius 1 is 1.38 bits per heavy atom. The van der Waals surface area contributed by atoms with Crippen LogP contribution in [0.25, 0.3) is 0 Å². The first-order valence-corrected chi connectivity index (χ1v) is 6.75. The lowest BCUT2D eigenvalue weighted by molar-refractivity contribution is 0.185. The summed E-state index contributed by atoms with van der Waals surface area (Å²) in [5, 5.41) is 4.17. The van der Waals surface area contributed by atoms with E-state index in [4.69, 9.17) is 11.6 Å². The lowest BCUT2D eigenvalue weighted by atomic mass is 10.1. The number of hydrogen-bond acceptors (Lipinski definition) is 2. The molecule has 0 spiro atoms. The standard InChI is InChI=1S/C12H16BrClN2/c1-9(16-6-4-15-5-7-16)11-8-10(14)2-3-12(11)13/h2-3,8-9,15H,4-7H2,1H3/t9-/m1/s1. The molecule has 1 heterocycles. The molecule has 1 aromatic carbocycles. The number of rotatable bonds is 2. The van der Waals surface area contributed by atoms with Gasteiger partial charge in [0.15, 0.2) is 0 Å². The van der Waals surface area contributed by atoms with Crippen molar-refractivity contribution in [2.75, 3.05) is 26.2 Å². The average molecular weight is 304 g/mol. The summed E-state index contributed by atoms with van der Waals surface area (Å²) in [6.07, 6.45) is 0. The van der Waals surface area contributed by atoms with Crippen LogP contribution in [0.3, 0.4) is 0 Å². The van der Waals surface area contributed by atoms with Crippen LogP contribution < -0.4 is 5.32 Å². The van der Waals surface area contributed by atoms with Crippen LogP contribution >= 0.6 is 27.5 Å². The van der Waals surface area contributed by atoms with Gasteiger partial charge in [0.25, 0.3) is 0 Å². The van der Waals surface area contributed by atoms with E-state index in [9.17, 15) is 0 Å². The van der Waals surface area contributed by atoms with Gasteiger partial charge in [-0.3, -0.25) is 4.90 Å². The Labute approximate surface area is 110 Å². The van der Waals surface area contributed by atoms with Crippen molar-refractivity contribution in [2.45, 2.75) is 13.0 Å². The van der Waals surface area contributed by atoms with Crippen molar-refractivity contribution >= 4 is 27.5 Å². The van der Waals surface area contributed by atoms with Crippen LogP contribution in [0.5, 0.6) is 0 Å². The summed E-state index contributed by atoms with van der Waals surface area (Å²) in [4.78, 5) is 2.48. The molecule has 0 aliphatic carbocycles. The molecule has 0 radical (unpaired) electrons. The Hall–Kier alpha value is -0.0900. The van der Waals surface area contributed by atoms with Crippen LogP contribution in [0.15, 0.2) is 22.7 Å². The number of benzene rings is 1. The summed E-state index contributed by atoms with van der Waals surface area (Å²) >= 11 is 9.64. The average Bonchev–Trinajstić information content (AvgIpc) is 2.32. The Balaban J connectivity index is 2.18. The molecule has 0 bridgehead atoms. The Morgan fingerprint density at radius 2 is 2.06 bits per heavy atom. The first-order valence-electron chi connectivity index (χ1n) is 5.58. The number of hydrogen-bond donors (Lipinski definition) is 1. The van der Waals surface area contributed by atoms with Crippen LogP contribution in [-0.4, -0.2) is 31.1 Å². The molecule has 1 aliphatic heterocycles. The molecule has 1 saturated heterocycles. The van der Waals surface area contributed by atoms with Gasteiger partial charge in [-0.2, -0.15) is 0 Å². The van der Waals surface area contributed by atoms with Gasteiger partial charge in [0.05, 0.1) is 0 Å². The largest absolute Gasteiger partial charge is 0.314 e. The molecule has 2 rings (SSSR count). The smallest absolute Gasteiger partial charge is 0.0410 e. The molecule has 16 heavy (non-hydrogen) atoms. The van der Waals surface area contributed by atoms with Gasteiger partial charge in [0, 0.05) is 41.7 Å². The molecule has 0 saturated carbocycles. The van der Waals surface area contributed by atoms with Crippen molar-refractivity contribution in [3.63, 3.8) is 0 Å². The SMILES string of the molecule is C[C@H](c1cc(Cl)ccc1Br)N1CCNCC1. The molecule has 0 aromatic heterocycles. The lowest BCUT2D eigenvalue weighted by Crippen LogP contribution is -2.44. The molecule has 1 aromatic rings. The third kappa shape index (κ3) is 2.77. The fraction of sp³-hybridized carbons (Fsp3) is 0.500. The fourth-order valence-electron chi connectivity index (χ4n) is 2.10. The monoisotopic (exact) mass is 302 g/mol. The van der Waals surface area contributed by atoms with Gasteiger partial charge in [-0.25, -0.2) is 0 Å². The van der Waals surface area contributed by atoms with Crippen LogP contribution in [0.4, 0.5) is 0 Å². The molecule has 1 fully saturated rings. The van der Waals surface area contributed by atoms with Crippen LogP contribution in [0.1, 0.15) is 18.5 Å². The maximum atomic E-state index is 6.05. The molecule has 0 unspecified atom stereocenters. The van der Waals surface area contributed by atoms with Gasteiger partial charge in [-0.05, 0) is 30.7 Å². The number of nitrogens with zero attached hydrogens (tertiary/aromatic N) is 1. The molecule has 2 nitrogen and oxygen atoms in total. The number of nitrogens with one attached hydrogen (secondary N) is 1. The predicted molar refractivity (Wildman–Crippen MR) is 72.0 cm³/mol. The van der Waals surface area contributed by atoms with Gasteiger partial charge < -0.3 is 5.32 Å². The lowest BCUT2D eigenvalue weighted by Gasteiger charge is -2.33. The minimum Gasteiger partial charge on any atom is -0.314 e. The zero-order chi connectivity index (χ0) is 11.5. The minimum absolute atomic E-state index is 0.412. The van der Waals surface area contributed by atoms with Crippen molar-refractivity contribution in [3.8, 4) is 0 Å². The highest BCUT2D eigenvalue weighted by Gasteiger charge is 2.19. The van der Waals surface area contributed by atoms with E-state index in [1.807, 2.05) is 12.1 Å². The molecular weight excluding hydrogens is 288 g/mol. The van der Waals surface area contributed by atoms with Crippen LogP contribution in [0, 0.1) is 0 Å². The first-order chi connectivity index (χ1) is 7.68. The normalized spacial score (nSPS) is 19.7. The predicted octanol–water partition coefficient (Wildman–Crippen LogP) is 3.07. The second-order valence-electron chi connectivity index (χ2n) is 4.13. The molecule has 1 aliphatic rings. The zero-order valence-corrected chi connectivity index (χ0v) is 11.7. The maximum Gasteiger partial charge on any atom is 0.0410 e. The van der Waals surface area contributed by atoms with E-state index < -0.39 is 0 Å². The van der Waals surface area contributed by atoms with Crippen LogP contribution in [0.2, 0.25) is 5.02 Å². The van der Waals surface area contributed by atoms with E-state index in [-0.39, 0.29) is 0 Å². The summed E-state index contributed by atoms with van der Waals surface area (Å²) < 4.78 is 1.14. The quantitative estimate of drug-likeness (QED) is 0.903. The summed E-state index contributed by atoms with van der Waals surface area (Å²) in [6.45, 7) is 6.58. The number of halogens is 2. The van der Waals surface area contributed by atoms with Gasteiger partial charge in [-0.1, -0.05) is 27.5 Å². The van der Waals surface area contributed by atoms with Crippen LogP contribution in [-0.2, 0) is 0 Å². The third-order valence-corrected chi connectivity index (χ3v) is 4.06. The molecule has 88 valence electrons. The van der Waals surface area contributed by atoms with E-state index in [0.29, 0.717) is 6.04 Å². The highest BCUT2D eigenvalue weighted by Crippen LogP contribution is 2.30. The van der Waals surface area contributed by atoms with Crippen molar-refractivity contribution in [3.05, 3.63) is 33.3 Å². The Morgan fingerprint density at radius 3 is 2.75 bits per heavy atom. The highest BCUT2D eigenvalue weighted by atomic mass is 79.9. The van der Waals surface area contributed by atoms with Crippen molar-refractivity contribution in [1.82, 2.24) is 10.2 Å². The molecule has 0 amide bonds. The fourth-order valence-corrected chi connectivity index (χ4v) is 2.86. The second kappa shape index (κ2) is 5.50. The molecule has 1 atom stereocenters. The Bertz CT molecular complexity index is 364. The highest BCUT2D eigenvalue weighted by molar-refractivity contribution is 9.10. The number of piperazine rings is 1. The summed E-state index contributed by atoms with van der Waals surface area (Å²) in [5.41, 5.74) is 1.27. The Kier molecular flexibility index (Phi) is 4.25. The van der Waals surface area contributed by atoms with Crippen molar-refractivity contribution in [1.29, 1.82) is 0 Å². The van der Waals surface area contributed by atoms with Gasteiger partial charge >= 0.3 is 0 Å². The molecule has 1 N–H and O–H groups in total. The summed E-state index contributed by atoms with van der Waals surface area (Å²) in [6, 6.07) is 6.41. The maximum absolute atomic E-state index is 6.05. The van der Waals surface area contributed by atoms with E-state index in [2.05, 4.69) is 39.1 Å². The van der Waals surface area contributed by atoms with Gasteiger partial charge in [-0.15, -0.1) is 0 Å². The van der Waals surface area contributed by atoms with E-state index in [1.165, 1.54) is 5.56 Å². The molecule has 4 heteroatoms. The van der Waals surface area contributed by atoms with Gasteiger partial charge in [0.1, 0.15) is 0 Å². The first kappa shape index (κ1) is 12.4. The summed E-state index contributed by atoms with van der Waals surface area (Å²) in [7, 11) is 0. The van der Waals surface area contributed by atoms with E-state index in [1.54, 1.807) is 0 Å². The third-order valence-electron chi connectivity index (χ3n) is 3.11. The molecular formula is C12H16BrClN2. The van der Waals surface area contributed by atoms with E-state index >= 15 is 0 Å². The zero-order valence-electron chi connectivity index (χ0n) is 9.34. The van der Waals surface area contributed by atoms with Crippen molar-refractivity contribution in [2.24, 2.45) is 0 Å². The van der Waals surface area contributed by atoms with Crippen molar-refractivity contribution < 1.29 is 0 Å². The second-order valence-corrected chi connectivity index (χ2v) is 5.42. The van der Waals surface area contributed by atoms with E-state index in [0.717, 1.165) is 35.7 Å². The minimum atomic E-state index is 0.412. The summed E-state index contributed by atoms with van der Waals surface area (Å²) in [5.74, 6) is 0.